The molecule has 582 valence electrons. The van der Waals surface area contributed by atoms with Gasteiger partial charge in [-0.25, -0.2) is 24.4 Å². The number of ether oxygens (including phenoxy) is 3. The number of carboxylic acids is 1. The predicted molar refractivity (Wildman–Crippen MR) is 428 cm³/mol. The first-order chi connectivity index (χ1) is 53.4. The van der Waals surface area contributed by atoms with E-state index in [0.29, 0.717) is 36.9 Å². The number of benzene rings is 4. The molecule has 6 atom stereocenters. The quantitative estimate of drug-likeness (QED) is 0.0444. The highest BCUT2D eigenvalue weighted by Gasteiger charge is 2.46. The van der Waals surface area contributed by atoms with Crippen LogP contribution in [0.4, 0.5) is 14.4 Å². The van der Waals surface area contributed by atoms with Crippen molar-refractivity contribution in [1.82, 2.24) is 51.0 Å². The van der Waals surface area contributed by atoms with E-state index in [2.05, 4.69) is 115 Å². The number of aliphatic carboxylic acids is 1. The molecule has 0 radical (unpaired) electrons. The Balaban J connectivity index is 0.000000171. The molecule has 5 aliphatic carbocycles. The molecule has 3 saturated heterocycles. The minimum absolute atomic E-state index is 0.0898. The Morgan fingerprint density at radius 2 is 0.900 bits per heavy atom. The summed E-state index contributed by atoms with van der Waals surface area (Å²) in [6, 6.07) is 25.5. The normalized spacial score (nSPS) is 21.8. The summed E-state index contributed by atoms with van der Waals surface area (Å²) in [6.07, 6.45) is 38.9. The third kappa shape index (κ3) is 16.4. The van der Waals surface area contributed by atoms with Crippen LogP contribution >= 0.6 is 0 Å². The van der Waals surface area contributed by atoms with E-state index in [9.17, 15) is 28.8 Å². The zero-order valence-corrected chi connectivity index (χ0v) is 65.0. The van der Waals surface area contributed by atoms with Crippen molar-refractivity contribution in [2.24, 2.45) is 9.98 Å². The number of carboxylic acid groups (broad SMARTS) is 1. The van der Waals surface area contributed by atoms with Crippen LogP contribution in [0.15, 0.2) is 108 Å². The Hall–Kier alpha value is -9.70. The van der Waals surface area contributed by atoms with Gasteiger partial charge in [0.1, 0.15) is 29.8 Å². The molecule has 6 aromatic rings. The number of aromatic nitrogens is 4. The lowest BCUT2D eigenvalue weighted by Crippen LogP contribution is -2.54. The first-order valence-corrected chi connectivity index (χ1v) is 40.7. The maximum Gasteiger partial charge on any atom is 0.407 e. The van der Waals surface area contributed by atoms with Gasteiger partial charge < -0.3 is 60.4 Å². The first-order valence-electron chi connectivity index (χ1n) is 40.7. The third-order valence-corrected chi connectivity index (χ3v) is 25.6. The average molecular weight is 1500 g/mol. The Labute approximate surface area is 646 Å². The van der Waals surface area contributed by atoms with Gasteiger partial charge in [0, 0.05) is 61.7 Å². The van der Waals surface area contributed by atoms with Crippen LogP contribution in [0.3, 0.4) is 0 Å². The van der Waals surface area contributed by atoms with Crippen LogP contribution in [0.1, 0.15) is 245 Å². The molecule has 22 nitrogen and oxygen atoms in total. The minimum atomic E-state index is -1.09. The predicted octanol–water partition coefficient (Wildman–Crippen LogP) is 16.3. The number of hydrogen-bond acceptors (Lipinski definition) is 14. The molecule has 2 aromatic heterocycles. The van der Waals surface area contributed by atoms with E-state index < -0.39 is 42.4 Å². The summed E-state index contributed by atoms with van der Waals surface area (Å²) in [6.45, 7) is 7.12. The fourth-order valence-electron chi connectivity index (χ4n) is 19.8. The van der Waals surface area contributed by atoms with Gasteiger partial charge in [0.2, 0.25) is 11.8 Å². The molecule has 6 fully saturated rings. The van der Waals surface area contributed by atoms with E-state index in [0.717, 1.165) is 92.8 Å². The van der Waals surface area contributed by atoms with Gasteiger partial charge in [-0.1, -0.05) is 124 Å². The van der Waals surface area contributed by atoms with Crippen molar-refractivity contribution in [2.75, 3.05) is 41.0 Å². The van der Waals surface area contributed by atoms with Gasteiger partial charge in [-0.2, -0.15) is 0 Å². The number of imidazole rings is 2. The second-order valence-electron chi connectivity index (χ2n) is 32.3. The molecule has 5 amide bonds. The molecule has 0 bridgehead atoms. The zero-order chi connectivity index (χ0) is 76.6. The molecule has 7 heterocycles. The van der Waals surface area contributed by atoms with E-state index in [4.69, 9.17) is 34.5 Å². The number of aliphatic imine (C=N–C) groups is 2. The van der Waals surface area contributed by atoms with Gasteiger partial charge in [-0.05, 0) is 232 Å². The number of amides is 5. The Kier molecular flexibility index (Phi) is 24.0. The van der Waals surface area contributed by atoms with E-state index in [1.807, 2.05) is 28.4 Å². The number of nitrogens with zero attached hydrogens (tertiary/aromatic N) is 6. The highest BCUT2D eigenvalue weighted by atomic mass is 16.5. The average Bonchev–Trinajstić information content (AvgIpc) is 1.56. The Morgan fingerprint density at radius 3 is 1.39 bits per heavy atom. The highest BCUT2D eigenvalue weighted by molar-refractivity contribution is 6.05. The molecule has 5 aliphatic heterocycles. The molecule has 22 heteroatoms. The topological polar surface area (TPSA) is 287 Å². The maximum absolute atomic E-state index is 13.5. The lowest BCUT2D eigenvalue weighted by Gasteiger charge is -2.37. The SMILES string of the molecule is C1=C(c2ccc(-c3ccc(-c4cnc(C5CCCCC5)[nH]4)cc3)c3c2CCC32CCCC2)CC([C@@H]2CCCCN2)=N1.COC(=O)N[C@@H](C)C(=O)N1CCCC[C@H]1C1=NC=C(c2ccc(-c3ccc(-c4cnc([C@@H]5CCCCN5C(=O)[C@H](C)NC(=O)OC)[nH]4)cc3)c3c2CCC32CCCC2)C1.COC(=O)N[C@@H](C)C(=O)O. The van der Waals surface area contributed by atoms with Gasteiger partial charge in [0.05, 0.1) is 57.2 Å². The van der Waals surface area contributed by atoms with Crippen molar-refractivity contribution in [3.63, 3.8) is 0 Å². The van der Waals surface area contributed by atoms with Gasteiger partial charge >= 0.3 is 24.2 Å². The zero-order valence-electron chi connectivity index (χ0n) is 65.0. The minimum Gasteiger partial charge on any atom is -0.480 e. The number of carbonyl (C=O) groups excluding carboxylic acids is 5. The summed E-state index contributed by atoms with van der Waals surface area (Å²) in [5, 5.41) is 19.3. The van der Waals surface area contributed by atoms with Crippen LogP contribution in [0.25, 0.3) is 55.9 Å². The summed E-state index contributed by atoms with van der Waals surface area (Å²) in [5.41, 5.74) is 24.3. The number of fused-ring (bicyclic) bond motifs is 4. The molecule has 3 saturated carbocycles. The second kappa shape index (κ2) is 34.3. The summed E-state index contributed by atoms with van der Waals surface area (Å²) in [5.74, 6) is 1.20. The summed E-state index contributed by atoms with van der Waals surface area (Å²) >= 11 is 0. The summed E-state index contributed by atoms with van der Waals surface area (Å²) in [4.78, 5) is 101. The standard InChI is InChI=1S/C46H57N7O6.C37H44N4.C5H9NO4/c1-28(49-44(56)58-3)42(54)52-23-9-5-11-38(52)36-25-32(26-47-36)33-17-18-34(40-35(33)19-22-46(40)20-7-8-21-46)30-13-15-31(16-14-30)37-27-48-41(51-37)39-12-6-10-24-53(39)43(55)29(2)50-45(57)59-4;1-2-8-27(9-3-1)36-40-24-34(41-36)26-13-11-25(12-14-26)30-16-15-29(31-17-20-37(35(30)31)18-5-6-19-37)28-22-33(39-23-28)32-10-4-7-21-38-32;1-3(4(7)8)6-5(9)10-2/h13-18,26-29,38-39H,5-12,19-25H2,1-4H3,(H,48,51)(H,49,56)(H,50,57);11-16,23-24,27,32,38H,1-10,17-22H2,(H,40,41);3H,1-2H3,(H,6,9)(H,7,8)/t28-,29-,38-,39-;32-;3-/m000/s1. The fourth-order valence-corrected chi connectivity index (χ4v) is 19.8. The number of H-pyrrole nitrogens is 2. The molecule has 0 unspecified atom stereocenters. The highest BCUT2D eigenvalue weighted by Crippen LogP contribution is 2.57. The van der Waals surface area contributed by atoms with Crippen LogP contribution < -0.4 is 21.3 Å². The third-order valence-electron chi connectivity index (χ3n) is 25.6. The van der Waals surface area contributed by atoms with Crippen LogP contribution in [-0.4, -0.2) is 154 Å². The van der Waals surface area contributed by atoms with Crippen LogP contribution in [0.5, 0.6) is 0 Å². The molecule has 4 aromatic carbocycles. The van der Waals surface area contributed by atoms with E-state index in [-0.39, 0.29) is 29.3 Å². The van der Waals surface area contributed by atoms with Crippen LogP contribution in [-0.2, 0) is 52.3 Å². The molecule has 16 rings (SSSR count). The number of carbonyl (C=O) groups is 6. The number of nitrogens with one attached hydrogen (secondary N) is 6. The smallest absolute Gasteiger partial charge is 0.407 e. The second-order valence-corrected chi connectivity index (χ2v) is 32.3. The summed E-state index contributed by atoms with van der Waals surface area (Å²) < 4.78 is 13.6. The number of piperidine rings is 3. The largest absolute Gasteiger partial charge is 0.480 e. The van der Waals surface area contributed by atoms with Crippen molar-refractivity contribution in [2.45, 2.75) is 254 Å². The monoisotopic (exact) mass is 1490 g/mol. The van der Waals surface area contributed by atoms with Crippen molar-refractivity contribution >= 4 is 58.6 Å². The van der Waals surface area contributed by atoms with Crippen molar-refractivity contribution in [1.29, 1.82) is 0 Å². The maximum atomic E-state index is 13.5. The number of methoxy groups -OCH3 is 3. The molecule has 110 heavy (non-hydrogen) atoms. The van der Waals surface area contributed by atoms with Gasteiger partial charge in [-0.3, -0.25) is 24.4 Å². The Bertz CT molecular complexity index is 4490. The number of allylic oxidation sites excluding steroid dienone is 2. The fraction of sp³-hybridized carbons (Fsp3) is 0.523. The molecule has 2 spiro atoms. The summed E-state index contributed by atoms with van der Waals surface area (Å²) in [7, 11) is 3.76. The number of rotatable bonds is 16. The number of alkyl carbamates (subject to hydrolysis) is 3. The van der Waals surface area contributed by atoms with Crippen LogP contribution in [0.2, 0.25) is 0 Å². The number of aromatic amines is 2. The first kappa shape index (κ1) is 77.0. The molecule has 7 N–H and O–H groups in total. The van der Waals surface area contributed by atoms with E-state index >= 15 is 0 Å². The lowest BCUT2D eigenvalue weighted by molar-refractivity contribution is -0.139. The number of hydrogen-bond donors (Lipinski definition) is 7. The van der Waals surface area contributed by atoms with Gasteiger partial charge in [0.15, 0.2) is 0 Å². The molecular weight excluding hydrogens is 1390 g/mol. The Morgan fingerprint density at radius 1 is 0.473 bits per heavy atom. The van der Waals surface area contributed by atoms with Crippen molar-refractivity contribution < 1.29 is 48.1 Å². The van der Waals surface area contributed by atoms with Gasteiger partial charge in [-0.15, -0.1) is 0 Å². The van der Waals surface area contributed by atoms with E-state index in [1.54, 1.807) is 25.0 Å². The molecular formula is C88H110N12O10. The van der Waals surface area contributed by atoms with Crippen molar-refractivity contribution in [3.8, 4) is 44.8 Å². The van der Waals surface area contributed by atoms with Crippen LogP contribution in [0, 0.1) is 0 Å². The number of likely N-dealkylation sites (tertiary alicyclic amines) is 2. The van der Waals surface area contributed by atoms with Gasteiger partial charge in [0.25, 0.3) is 0 Å². The van der Waals surface area contributed by atoms with E-state index in [1.165, 1.54) is 217 Å². The lowest BCUT2D eigenvalue weighted by atomic mass is 9.76. The van der Waals surface area contributed by atoms with Crippen molar-refractivity contribution in [3.05, 3.63) is 143 Å². The molecule has 10 aliphatic rings.